The number of benzene rings is 5. The molecule has 5 aromatic rings. The van der Waals surface area contributed by atoms with Gasteiger partial charge in [0.2, 0.25) is 11.7 Å². The molecule has 0 aliphatic heterocycles. The van der Waals surface area contributed by atoms with Crippen molar-refractivity contribution in [3.63, 3.8) is 0 Å². The third kappa shape index (κ3) is 7.97. The van der Waals surface area contributed by atoms with Gasteiger partial charge in [-0.2, -0.15) is 0 Å². The summed E-state index contributed by atoms with van der Waals surface area (Å²) in [5.74, 6) is -1.05. The lowest BCUT2D eigenvalue weighted by Gasteiger charge is -2.20. The van der Waals surface area contributed by atoms with Crippen LogP contribution in [0.1, 0.15) is 47.8 Å². The minimum atomic E-state index is -0.613. The molecule has 0 atom stereocenters. The molecule has 0 spiro atoms. The number of ether oxygens (including phenoxy) is 3. The molecule has 3 N–H and O–H groups in total. The summed E-state index contributed by atoms with van der Waals surface area (Å²) in [6, 6.07) is 30.0. The number of fused-ring (bicyclic) bond motifs is 2. The van der Waals surface area contributed by atoms with E-state index in [1.807, 2.05) is 0 Å². The van der Waals surface area contributed by atoms with E-state index < -0.39 is 17.7 Å². The van der Waals surface area contributed by atoms with Crippen molar-refractivity contribution < 1.29 is 38.2 Å². The largest absolute Gasteiger partial charge is 0.493 e. The summed E-state index contributed by atoms with van der Waals surface area (Å²) in [6.45, 7) is 0. The Hall–Kier alpha value is -6.66. The third-order valence-corrected chi connectivity index (χ3v) is 9.21. The number of amides is 3. The van der Waals surface area contributed by atoms with E-state index in [0.29, 0.717) is 50.1 Å². The zero-order valence-corrected chi connectivity index (χ0v) is 29.7. The van der Waals surface area contributed by atoms with E-state index in [0.717, 1.165) is 0 Å². The number of thioether (sulfide) groups is 1. The highest BCUT2D eigenvalue weighted by Crippen LogP contribution is 2.39. The summed E-state index contributed by atoms with van der Waals surface area (Å²) in [5, 5.41) is 8.32. The summed E-state index contributed by atoms with van der Waals surface area (Å²) >= 11 is 1.21. The predicted molar refractivity (Wildman–Crippen MR) is 202 cm³/mol. The predicted octanol–water partition coefficient (Wildman–Crippen LogP) is 6.63. The van der Waals surface area contributed by atoms with Gasteiger partial charge in [0, 0.05) is 32.8 Å². The minimum absolute atomic E-state index is 0.0286. The summed E-state index contributed by atoms with van der Waals surface area (Å²) < 4.78 is 16.3. The molecule has 0 aromatic heterocycles. The lowest BCUT2D eigenvalue weighted by atomic mass is 9.83. The highest BCUT2D eigenvalue weighted by atomic mass is 32.2. The first-order valence-electron chi connectivity index (χ1n) is 16.2. The Morgan fingerprint density at radius 3 is 2.00 bits per heavy atom. The Bertz CT molecular complexity index is 2260. The molecule has 53 heavy (non-hydrogen) atoms. The highest BCUT2D eigenvalue weighted by Gasteiger charge is 2.31. The topological polar surface area (TPSA) is 149 Å². The molecule has 1 aliphatic carbocycles. The number of hydrogen-bond acceptors (Lipinski definition) is 9. The van der Waals surface area contributed by atoms with Gasteiger partial charge in [0.1, 0.15) is 5.70 Å². The van der Waals surface area contributed by atoms with Crippen LogP contribution in [0.2, 0.25) is 0 Å². The second-order valence-corrected chi connectivity index (χ2v) is 12.6. The van der Waals surface area contributed by atoms with Gasteiger partial charge in [-0.1, -0.05) is 60.7 Å². The van der Waals surface area contributed by atoms with Crippen LogP contribution >= 0.6 is 11.8 Å². The Kier molecular flexibility index (Phi) is 11.0. The zero-order chi connectivity index (χ0) is 37.5. The van der Waals surface area contributed by atoms with Crippen molar-refractivity contribution >= 4 is 58.5 Å². The van der Waals surface area contributed by atoms with Gasteiger partial charge in [-0.15, -0.1) is 11.8 Å². The van der Waals surface area contributed by atoms with Crippen LogP contribution in [0.4, 0.5) is 11.4 Å². The maximum Gasteiger partial charge on any atom is 0.272 e. The van der Waals surface area contributed by atoms with E-state index in [1.165, 1.54) is 39.2 Å². The van der Waals surface area contributed by atoms with Crippen LogP contribution in [0, 0.1) is 0 Å². The molecule has 12 heteroatoms. The van der Waals surface area contributed by atoms with Gasteiger partial charge in [-0.05, 0) is 60.2 Å². The molecule has 5 aromatic carbocycles. The van der Waals surface area contributed by atoms with Crippen LogP contribution in [0.25, 0.3) is 6.08 Å². The van der Waals surface area contributed by atoms with Crippen molar-refractivity contribution in [2.45, 2.75) is 4.90 Å². The number of carbonyl (C=O) groups is 5. The fourth-order valence-electron chi connectivity index (χ4n) is 5.74. The van der Waals surface area contributed by atoms with Gasteiger partial charge in [0.25, 0.3) is 11.8 Å². The standard InChI is InChI=1S/C41H33N3O8S/c1-50-33-20-24(21-34(51-2)39(33)52-3)19-32(44-40(48)25-11-5-4-6-12-25)41(49)42-26-13-9-14-27(22-26)53-23-35(45)43-31-18-10-17-30-36(31)38(47)29-16-8-7-15-28(29)37(30)46/h4-22H,23H2,1-3H3,(H,42,49)(H,43,45)(H,44,48)/b32-19+. The molecule has 1 aliphatic rings. The smallest absolute Gasteiger partial charge is 0.272 e. The Balaban J connectivity index is 1.18. The molecule has 0 saturated heterocycles. The third-order valence-electron chi connectivity index (χ3n) is 8.22. The first kappa shape index (κ1) is 36.1. The molecule has 6 rings (SSSR count). The number of methoxy groups -OCH3 is 3. The van der Waals surface area contributed by atoms with Gasteiger partial charge in [0.15, 0.2) is 23.1 Å². The van der Waals surface area contributed by atoms with Gasteiger partial charge < -0.3 is 30.2 Å². The summed E-state index contributed by atoms with van der Waals surface area (Å²) in [4.78, 5) is 67.1. The average Bonchev–Trinajstić information content (AvgIpc) is 3.18. The summed E-state index contributed by atoms with van der Waals surface area (Å²) in [5.41, 5.74) is 2.46. The molecular weight excluding hydrogens is 695 g/mol. The lowest BCUT2D eigenvalue weighted by Crippen LogP contribution is -2.30. The molecule has 0 heterocycles. The lowest BCUT2D eigenvalue weighted by molar-refractivity contribution is -0.114. The monoisotopic (exact) mass is 727 g/mol. The minimum Gasteiger partial charge on any atom is -0.493 e. The van der Waals surface area contributed by atoms with Crippen LogP contribution < -0.4 is 30.2 Å². The number of nitrogens with one attached hydrogen (secondary N) is 3. The van der Waals surface area contributed by atoms with E-state index >= 15 is 0 Å². The number of anilines is 2. The second kappa shape index (κ2) is 16.1. The second-order valence-electron chi connectivity index (χ2n) is 11.6. The van der Waals surface area contributed by atoms with Crippen molar-refractivity contribution in [2.75, 3.05) is 37.7 Å². The highest BCUT2D eigenvalue weighted by molar-refractivity contribution is 8.00. The van der Waals surface area contributed by atoms with Gasteiger partial charge in [0.05, 0.1) is 38.3 Å². The molecule has 0 saturated carbocycles. The fourth-order valence-corrected chi connectivity index (χ4v) is 6.50. The van der Waals surface area contributed by atoms with Crippen molar-refractivity contribution in [3.05, 3.63) is 148 Å². The molecular formula is C41H33N3O8S. The van der Waals surface area contributed by atoms with Crippen LogP contribution in [-0.2, 0) is 9.59 Å². The van der Waals surface area contributed by atoms with Crippen molar-refractivity contribution in [3.8, 4) is 17.2 Å². The molecule has 11 nitrogen and oxygen atoms in total. The van der Waals surface area contributed by atoms with Gasteiger partial charge in [-0.25, -0.2) is 0 Å². The molecule has 0 bridgehead atoms. The zero-order valence-electron chi connectivity index (χ0n) is 28.9. The molecule has 0 radical (unpaired) electrons. The molecule has 3 amide bonds. The SMILES string of the molecule is COc1cc(/C=C(/NC(=O)c2ccccc2)C(=O)Nc2cccc(SCC(=O)Nc3cccc4c3C(=O)c3ccccc3C4=O)c2)cc(OC)c1OC. The van der Waals surface area contributed by atoms with Gasteiger partial charge >= 0.3 is 0 Å². The van der Waals surface area contributed by atoms with Crippen LogP contribution in [0.3, 0.4) is 0 Å². The average molecular weight is 728 g/mol. The molecule has 0 unspecified atom stereocenters. The Labute approximate surface area is 309 Å². The summed E-state index contributed by atoms with van der Waals surface area (Å²) in [6.07, 6.45) is 1.49. The quantitative estimate of drug-likeness (QED) is 0.0933. The van der Waals surface area contributed by atoms with Crippen LogP contribution in [0.15, 0.2) is 120 Å². The Morgan fingerprint density at radius 2 is 1.32 bits per heavy atom. The van der Waals surface area contributed by atoms with E-state index in [-0.39, 0.29) is 39.8 Å². The first-order valence-corrected chi connectivity index (χ1v) is 17.2. The van der Waals surface area contributed by atoms with Gasteiger partial charge in [-0.3, -0.25) is 24.0 Å². The molecule has 266 valence electrons. The Morgan fingerprint density at radius 1 is 0.679 bits per heavy atom. The maximum absolute atomic E-state index is 13.7. The number of ketones is 2. The van der Waals surface area contributed by atoms with E-state index in [9.17, 15) is 24.0 Å². The number of rotatable bonds is 12. The van der Waals surface area contributed by atoms with E-state index in [1.54, 1.807) is 109 Å². The van der Waals surface area contributed by atoms with Crippen molar-refractivity contribution in [2.24, 2.45) is 0 Å². The van der Waals surface area contributed by atoms with Crippen LogP contribution in [0.5, 0.6) is 17.2 Å². The number of hydrogen-bond donors (Lipinski definition) is 3. The van der Waals surface area contributed by atoms with Crippen LogP contribution in [-0.4, -0.2) is 56.4 Å². The number of carbonyl (C=O) groups excluding carboxylic acids is 5. The maximum atomic E-state index is 13.7. The fraction of sp³-hybridized carbons (Fsp3) is 0.0976. The van der Waals surface area contributed by atoms with Crippen molar-refractivity contribution in [1.29, 1.82) is 0 Å². The normalized spacial score (nSPS) is 11.9. The summed E-state index contributed by atoms with van der Waals surface area (Å²) in [7, 11) is 4.43. The van der Waals surface area contributed by atoms with E-state index in [4.69, 9.17) is 14.2 Å². The first-order chi connectivity index (χ1) is 25.7. The molecule has 0 fully saturated rings. The van der Waals surface area contributed by atoms with Crippen molar-refractivity contribution in [1.82, 2.24) is 5.32 Å². The van der Waals surface area contributed by atoms with E-state index in [2.05, 4.69) is 16.0 Å².